The number of halogens is 1. The molecule has 1 fully saturated rings. The average Bonchev–Trinajstić information content (AvgIpc) is 1.83. The fourth-order valence-electron chi connectivity index (χ4n) is 0.878. The van der Waals surface area contributed by atoms with E-state index in [4.69, 9.17) is 9.84 Å². The minimum atomic E-state index is -0.594. The van der Waals surface area contributed by atoms with E-state index in [2.05, 4.69) is 4.90 Å². The molecule has 4 heteroatoms. The molecule has 0 aromatic rings. The van der Waals surface area contributed by atoms with Crippen LogP contribution in [0.1, 0.15) is 6.92 Å². The Morgan fingerprint density at radius 1 is 1.60 bits per heavy atom. The third-order valence-corrected chi connectivity index (χ3v) is 1.84. The average molecular weight is 168 g/mol. The summed E-state index contributed by atoms with van der Waals surface area (Å²) in [7, 11) is 1.98. The van der Waals surface area contributed by atoms with Gasteiger partial charge in [-0.25, -0.2) is 0 Å². The largest absolute Gasteiger partial charge is 0.367 e. The van der Waals surface area contributed by atoms with E-state index in [1.807, 2.05) is 14.0 Å². The second kappa shape index (κ2) is 4.13. The molecule has 1 saturated heterocycles. The number of ether oxygens (including phenoxy) is 1. The van der Waals surface area contributed by atoms with Gasteiger partial charge in [0.25, 0.3) is 0 Å². The molecule has 0 amide bonds. The summed E-state index contributed by atoms with van der Waals surface area (Å²) in [5.41, 5.74) is 0. The van der Waals surface area contributed by atoms with Gasteiger partial charge < -0.3 is 9.84 Å². The van der Waals surface area contributed by atoms with Gasteiger partial charge in [0.1, 0.15) is 0 Å². The smallest absolute Gasteiger partial charge is 0.169 e. The molecule has 3 nitrogen and oxygen atoms in total. The summed E-state index contributed by atoms with van der Waals surface area (Å²) in [6.45, 7) is 3.50. The number of morpholine rings is 1. The van der Waals surface area contributed by atoms with Crippen LogP contribution in [0, 0.1) is 0 Å². The Bertz CT molecular complexity index is 91.7. The van der Waals surface area contributed by atoms with Gasteiger partial charge in [-0.05, 0) is 14.0 Å². The maximum atomic E-state index is 9.08. The van der Waals surface area contributed by atoms with E-state index >= 15 is 0 Å². The van der Waals surface area contributed by atoms with Crippen LogP contribution in [-0.2, 0) is 4.74 Å². The summed E-state index contributed by atoms with van der Waals surface area (Å²) < 4.78 is 4.97. The van der Waals surface area contributed by atoms with Crippen LogP contribution >= 0.6 is 12.4 Å². The van der Waals surface area contributed by atoms with Crippen LogP contribution in [0.4, 0.5) is 0 Å². The van der Waals surface area contributed by atoms with E-state index in [1.54, 1.807) is 0 Å². The van der Waals surface area contributed by atoms with Gasteiger partial charge in [0.15, 0.2) is 6.29 Å². The van der Waals surface area contributed by atoms with E-state index in [9.17, 15) is 0 Å². The van der Waals surface area contributed by atoms with Crippen LogP contribution in [0.25, 0.3) is 0 Å². The first-order chi connectivity index (χ1) is 4.22. The second-order valence-corrected chi connectivity index (χ2v) is 2.48. The van der Waals surface area contributed by atoms with Crippen molar-refractivity contribution in [1.29, 1.82) is 0 Å². The van der Waals surface area contributed by atoms with E-state index < -0.39 is 6.29 Å². The van der Waals surface area contributed by atoms with Crippen LogP contribution in [0.3, 0.4) is 0 Å². The molecule has 0 aromatic heterocycles. The first-order valence-corrected chi connectivity index (χ1v) is 3.21. The van der Waals surface area contributed by atoms with Crippen molar-refractivity contribution in [2.75, 3.05) is 20.2 Å². The Hall–Kier alpha value is 0.170. The van der Waals surface area contributed by atoms with Crippen molar-refractivity contribution in [3.63, 3.8) is 0 Å². The highest BCUT2D eigenvalue weighted by atomic mass is 35.5. The van der Waals surface area contributed by atoms with Gasteiger partial charge in [0.2, 0.25) is 0 Å². The zero-order chi connectivity index (χ0) is 6.85. The number of likely N-dealkylation sites (N-methyl/N-ethyl adjacent to an activating group) is 1. The lowest BCUT2D eigenvalue weighted by Crippen LogP contribution is -2.47. The predicted octanol–water partition coefficient (Wildman–Crippen LogP) is 0.0771. The predicted molar refractivity (Wildman–Crippen MR) is 41.3 cm³/mol. The van der Waals surface area contributed by atoms with Crippen LogP contribution in [-0.4, -0.2) is 42.5 Å². The van der Waals surface area contributed by atoms with Crippen LogP contribution in [0.2, 0.25) is 0 Å². The maximum Gasteiger partial charge on any atom is 0.169 e. The van der Waals surface area contributed by atoms with E-state index in [-0.39, 0.29) is 18.4 Å². The number of hydrogen-bond donors (Lipinski definition) is 1. The van der Waals surface area contributed by atoms with Crippen molar-refractivity contribution < 1.29 is 9.84 Å². The lowest BCUT2D eigenvalue weighted by atomic mass is 10.2. The van der Waals surface area contributed by atoms with Gasteiger partial charge in [0, 0.05) is 6.54 Å². The molecule has 0 bridgehead atoms. The molecule has 1 rings (SSSR count). The number of hydrogen-bond acceptors (Lipinski definition) is 3. The first kappa shape index (κ1) is 10.2. The molecule has 0 radical (unpaired) electrons. The molecular weight excluding hydrogens is 154 g/mol. The van der Waals surface area contributed by atoms with Crippen molar-refractivity contribution in [3.05, 3.63) is 0 Å². The Balaban J connectivity index is 0.000000810. The quantitative estimate of drug-likeness (QED) is 0.555. The molecule has 1 aliphatic rings. The van der Waals surface area contributed by atoms with Gasteiger partial charge in [-0.3, -0.25) is 4.90 Å². The maximum absolute atomic E-state index is 9.08. The summed E-state index contributed by atoms with van der Waals surface area (Å²) in [4.78, 5) is 2.08. The summed E-state index contributed by atoms with van der Waals surface area (Å²) in [6.07, 6.45) is -0.594. The van der Waals surface area contributed by atoms with Crippen LogP contribution < -0.4 is 0 Å². The van der Waals surface area contributed by atoms with Crippen LogP contribution in [0.15, 0.2) is 0 Å². The molecule has 0 aromatic carbocycles. The molecule has 62 valence electrons. The topological polar surface area (TPSA) is 32.7 Å². The van der Waals surface area contributed by atoms with Crippen molar-refractivity contribution >= 4 is 12.4 Å². The van der Waals surface area contributed by atoms with E-state index in [1.165, 1.54) is 0 Å². The number of aliphatic hydroxyl groups excluding tert-OH is 1. The molecule has 0 saturated carbocycles. The van der Waals surface area contributed by atoms with Gasteiger partial charge in [0.05, 0.1) is 12.6 Å². The molecule has 2 atom stereocenters. The minimum absolute atomic E-state index is 0. The molecule has 1 heterocycles. The highest BCUT2D eigenvalue weighted by Crippen LogP contribution is 2.07. The van der Waals surface area contributed by atoms with E-state index in [0.29, 0.717) is 6.61 Å². The van der Waals surface area contributed by atoms with Crippen molar-refractivity contribution in [3.8, 4) is 0 Å². The normalized spacial score (nSPS) is 35.1. The number of rotatable bonds is 0. The molecular formula is C6H14ClNO2. The fraction of sp³-hybridized carbons (Fsp3) is 1.00. The Kier molecular flexibility index (Phi) is 4.20. The Labute approximate surface area is 67.4 Å². The number of nitrogens with zero attached hydrogens (tertiary/aromatic N) is 1. The SMILES string of the molecule is CC1C(O)OCCN1C.Cl. The summed E-state index contributed by atoms with van der Waals surface area (Å²) in [6, 6.07) is 0.138. The van der Waals surface area contributed by atoms with Gasteiger partial charge in [-0.1, -0.05) is 0 Å². The van der Waals surface area contributed by atoms with Gasteiger partial charge >= 0.3 is 0 Å². The third kappa shape index (κ3) is 2.09. The molecule has 10 heavy (non-hydrogen) atoms. The van der Waals surface area contributed by atoms with Gasteiger partial charge in [-0.15, -0.1) is 12.4 Å². The minimum Gasteiger partial charge on any atom is -0.367 e. The summed E-state index contributed by atoms with van der Waals surface area (Å²) >= 11 is 0. The standard InChI is InChI=1S/C6H13NO2.ClH/c1-5-6(8)9-4-3-7(5)2;/h5-6,8H,3-4H2,1-2H3;1H. The molecule has 0 spiro atoms. The van der Waals surface area contributed by atoms with Crippen molar-refractivity contribution in [1.82, 2.24) is 4.90 Å². The Morgan fingerprint density at radius 3 is 2.60 bits per heavy atom. The molecule has 0 aliphatic carbocycles. The highest BCUT2D eigenvalue weighted by molar-refractivity contribution is 5.85. The highest BCUT2D eigenvalue weighted by Gasteiger charge is 2.23. The number of aliphatic hydroxyl groups is 1. The lowest BCUT2D eigenvalue weighted by molar-refractivity contribution is -0.169. The molecule has 1 aliphatic heterocycles. The Morgan fingerprint density at radius 2 is 2.20 bits per heavy atom. The zero-order valence-corrected chi connectivity index (χ0v) is 7.10. The summed E-state index contributed by atoms with van der Waals surface area (Å²) in [5.74, 6) is 0. The second-order valence-electron chi connectivity index (χ2n) is 2.48. The first-order valence-electron chi connectivity index (χ1n) is 3.21. The third-order valence-electron chi connectivity index (χ3n) is 1.84. The summed E-state index contributed by atoms with van der Waals surface area (Å²) in [5, 5.41) is 9.08. The van der Waals surface area contributed by atoms with Crippen molar-refractivity contribution in [2.45, 2.75) is 19.3 Å². The molecule has 1 N–H and O–H groups in total. The lowest BCUT2D eigenvalue weighted by Gasteiger charge is -2.33. The van der Waals surface area contributed by atoms with Crippen molar-refractivity contribution in [2.24, 2.45) is 0 Å². The zero-order valence-electron chi connectivity index (χ0n) is 6.28. The van der Waals surface area contributed by atoms with E-state index in [0.717, 1.165) is 6.54 Å². The fourth-order valence-corrected chi connectivity index (χ4v) is 0.878. The monoisotopic (exact) mass is 167 g/mol. The van der Waals surface area contributed by atoms with Crippen LogP contribution in [0.5, 0.6) is 0 Å². The molecule has 2 unspecified atom stereocenters. The van der Waals surface area contributed by atoms with Gasteiger partial charge in [-0.2, -0.15) is 0 Å².